The lowest BCUT2D eigenvalue weighted by molar-refractivity contribution is -0.164. The van der Waals surface area contributed by atoms with Crippen molar-refractivity contribution in [1.29, 1.82) is 0 Å². The summed E-state index contributed by atoms with van der Waals surface area (Å²) in [5.41, 5.74) is 2.51. The Balaban J connectivity index is 2.48. The molecule has 18 heavy (non-hydrogen) atoms. The number of hydrazone groups is 1. The van der Waals surface area contributed by atoms with Gasteiger partial charge in [0.2, 0.25) is 0 Å². The molecule has 0 saturated carbocycles. The molecule has 0 aromatic heterocycles. The van der Waals surface area contributed by atoms with E-state index in [1.165, 1.54) is 7.11 Å². The average molecular weight is 269 g/mol. The van der Waals surface area contributed by atoms with Gasteiger partial charge in [0.1, 0.15) is 6.04 Å². The normalized spacial score (nSPS) is 25.4. The minimum atomic E-state index is -1.69. The summed E-state index contributed by atoms with van der Waals surface area (Å²) in [6, 6.07) is 4.48. The summed E-state index contributed by atoms with van der Waals surface area (Å²) in [7, 11) is 1.23. The van der Waals surface area contributed by atoms with Gasteiger partial charge in [-0.3, -0.25) is 5.43 Å². The van der Waals surface area contributed by atoms with Crippen LogP contribution in [0.1, 0.15) is 17.2 Å². The van der Waals surface area contributed by atoms with Crippen LogP contribution < -0.4 is 5.43 Å². The third-order valence-electron chi connectivity index (χ3n) is 3.11. The number of hydrogen-bond acceptors (Lipinski definition) is 5. The number of esters is 1. The van der Waals surface area contributed by atoms with Crippen molar-refractivity contribution in [3.8, 4) is 0 Å². The van der Waals surface area contributed by atoms with Gasteiger partial charge in [-0.1, -0.05) is 17.7 Å². The summed E-state index contributed by atoms with van der Waals surface area (Å²) < 4.78 is 4.65. The van der Waals surface area contributed by atoms with Crippen molar-refractivity contribution in [2.75, 3.05) is 7.11 Å². The molecule has 0 radical (unpaired) electrons. The van der Waals surface area contributed by atoms with Crippen LogP contribution >= 0.6 is 11.6 Å². The van der Waals surface area contributed by atoms with Gasteiger partial charge in [0, 0.05) is 18.2 Å². The summed E-state index contributed by atoms with van der Waals surface area (Å²) >= 11 is 5.90. The highest BCUT2D eigenvalue weighted by atomic mass is 35.5. The van der Waals surface area contributed by atoms with Crippen LogP contribution in [0.4, 0.5) is 0 Å². The van der Waals surface area contributed by atoms with Crippen LogP contribution in [0.5, 0.6) is 0 Å². The Kier molecular flexibility index (Phi) is 3.28. The van der Waals surface area contributed by atoms with Gasteiger partial charge in [0.15, 0.2) is 5.60 Å². The molecule has 0 aliphatic heterocycles. The standard InChI is InChI=1S/C12H13ClN2O3/c1-14-15-10-9-4-3-8(13)5-7(9)6-12(10,17)11(16)18-2/h3-5,10,15,17H,1,6H2,2H3. The Labute approximate surface area is 109 Å². The van der Waals surface area contributed by atoms with E-state index in [-0.39, 0.29) is 6.42 Å². The molecule has 2 unspecified atom stereocenters. The highest BCUT2D eigenvalue weighted by Gasteiger charge is 2.51. The van der Waals surface area contributed by atoms with Crippen molar-refractivity contribution in [2.24, 2.45) is 5.10 Å². The highest BCUT2D eigenvalue weighted by molar-refractivity contribution is 6.30. The van der Waals surface area contributed by atoms with E-state index in [0.29, 0.717) is 5.02 Å². The van der Waals surface area contributed by atoms with E-state index in [4.69, 9.17) is 11.6 Å². The number of hydrogen-bond donors (Lipinski definition) is 2. The lowest BCUT2D eigenvalue weighted by Crippen LogP contribution is -2.47. The van der Waals surface area contributed by atoms with Crippen LogP contribution in [-0.4, -0.2) is 30.5 Å². The molecule has 0 saturated heterocycles. The van der Waals surface area contributed by atoms with Crippen molar-refractivity contribution >= 4 is 24.3 Å². The van der Waals surface area contributed by atoms with Crippen LogP contribution in [-0.2, 0) is 16.0 Å². The summed E-state index contributed by atoms with van der Waals surface area (Å²) in [6.07, 6.45) is 0.128. The third kappa shape index (κ3) is 1.85. The molecule has 0 heterocycles. The SMILES string of the molecule is C=NNC1c2ccc(Cl)cc2CC1(O)C(=O)OC. The van der Waals surface area contributed by atoms with E-state index in [1.807, 2.05) is 0 Å². The van der Waals surface area contributed by atoms with Crippen molar-refractivity contribution in [1.82, 2.24) is 5.43 Å². The number of methoxy groups -OCH3 is 1. The van der Waals surface area contributed by atoms with Crippen LogP contribution in [0.25, 0.3) is 0 Å². The topological polar surface area (TPSA) is 70.9 Å². The molecule has 0 fully saturated rings. The van der Waals surface area contributed by atoms with Crippen molar-refractivity contribution in [3.05, 3.63) is 34.3 Å². The first-order valence-corrected chi connectivity index (χ1v) is 5.71. The first kappa shape index (κ1) is 12.9. The second-order valence-electron chi connectivity index (χ2n) is 4.16. The molecule has 1 aromatic carbocycles. The molecule has 1 aliphatic rings. The number of carbonyl (C=O) groups excluding carboxylic acids is 1. The third-order valence-corrected chi connectivity index (χ3v) is 3.35. The summed E-state index contributed by atoms with van der Waals surface area (Å²) in [6.45, 7) is 3.31. The highest BCUT2D eigenvalue weighted by Crippen LogP contribution is 2.41. The van der Waals surface area contributed by atoms with Crippen LogP contribution in [0.15, 0.2) is 23.3 Å². The molecule has 2 N–H and O–H groups in total. The van der Waals surface area contributed by atoms with Gasteiger partial charge in [-0.2, -0.15) is 5.10 Å². The predicted octanol–water partition coefficient (Wildman–Crippen LogP) is 1.05. The second kappa shape index (κ2) is 4.59. The molecular weight excluding hydrogens is 256 g/mol. The molecule has 1 aromatic rings. The molecule has 5 nitrogen and oxygen atoms in total. The summed E-state index contributed by atoms with van der Waals surface area (Å²) in [4.78, 5) is 11.8. The molecule has 0 bridgehead atoms. The Morgan fingerprint density at radius 1 is 1.72 bits per heavy atom. The van der Waals surface area contributed by atoms with Gasteiger partial charge in [-0.05, 0) is 23.3 Å². The van der Waals surface area contributed by atoms with Crippen LogP contribution in [0.3, 0.4) is 0 Å². The first-order chi connectivity index (χ1) is 8.52. The minimum absolute atomic E-state index is 0.128. The van der Waals surface area contributed by atoms with Gasteiger partial charge in [-0.15, -0.1) is 0 Å². The zero-order valence-electron chi connectivity index (χ0n) is 9.81. The second-order valence-corrected chi connectivity index (χ2v) is 4.59. The number of ether oxygens (including phenoxy) is 1. The molecule has 2 atom stereocenters. The molecule has 2 rings (SSSR count). The van der Waals surface area contributed by atoms with Gasteiger partial charge in [0.25, 0.3) is 0 Å². The fourth-order valence-electron chi connectivity index (χ4n) is 2.29. The van der Waals surface area contributed by atoms with E-state index in [1.54, 1.807) is 18.2 Å². The number of rotatable bonds is 3. The fraction of sp³-hybridized carbons (Fsp3) is 0.333. The Morgan fingerprint density at radius 2 is 2.44 bits per heavy atom. The van der Waals surface area contributed by atoms with Crippen molar-refractivity contribution < 1.29 is 14.6 Å². The molecule has 96 valence electrons. The van der Waals surface area contributed by atoms with Crippen molar-refractivity contribution in [2.45, 2.75) is 18.1 Å². The largest absolute Gasteiger partial charge is 0.467 e. The monoisotopic (exact) mass is 268 g/mol. The van der Waals surface area contributed by atoms with E-state index in [9.17, 15) is 9.90 Å². The molecular formula is C12H13ClN2O3. The van der Waals surface area contributed by atoms with Crippen LogP contribution in [0.2, 0.25) is 5.02 Å². The number of halogens is 1. The fourth-order valence-corrected chi connectivity index (χ4v) is 2.49. The maximum Gasteiger partial charge on any atom is 0.340 e. The Morgan fingerprint density at radius 3 is 3.06 bits per heavy atom. The Hall–Kier alpha value is -1.59. The number of fused-ring (bicyclic) bond motifs is 1. The molecule has 1 aliphatic carbocycles. The number of carbonyl (C=O) groups is 1. The van der Waals surface area contributed by atoms with Crippen LogP contribution in [0, 0.1) is 0 Å². The van der Waals surface area contributed by atoms with Gasteiger partial charge in [-0.25, -0.2) is 4.79 Å². The van der Waals surface area contributed by atoms with E-state index < -0.39 is 17.6 Å². The zero-order chi connectivity index (χ0) is 13.3. The number of nitrogens with zero attached hydrogens (tertiary/aromatic N) is 1. The van der Waals surface area contributed by atoms with E-state index in [0.717, 1.165) is 11.1 Å². The molecule has 6 heteroatoms. The summed E-state index contributed by atoms with van der Waals surface area (Å²) in [5.74, 6) is -0.712. The zero-order valence-corrected chi connectivity index (χ0v) is 10.6. The Bertz CT molecular complexity index is 506. The molecule has 0 spiro atoms. The smallest absolute Gasteiger partial charge is 0.340 e. The number of benzene rings is 1. The maximum absolute atomic E-state index is 11.8. The first-order valence-electron chi connectivity index (χ1n) is 5.33. The predicted molar refractivity (Wildman–Crippen MR) is 67.5 cm³/mol. The molecule has 0 amide bonds. The van der Waals surface area contributed by atoms with E-state index in [2.05, 4.69) is 22.0 Å². The van der Waals surface area contributed by atoms with Gasteiger partial charge in [0.05, 0.1) is 7.11 Å². The summed E-state index contributed by atoms with van der Waals surface area (Å²) in [5, 5.41) is 14.6. The lowest BCUT2D eigenvalue weighted by atomic mass is 9.96. The average Bonchev–Trinajstić information content (AvgIpc) is 2.62. The van der Waals surface area contributed by atoms with Gasteiger partial charge >= 0.3 is 5.97 Å². The number of aliphatic hydroxyl groups is 1. The van der Waals surface area contributed by atoms with E-state index >= 15 is 0 Å². The number of nitrogens with one attached hydrogen (secondary N) is 1. The minimum Gasteiger partial charge on any atom is -0.467 e. The lowest BCUT2D eigenvalue weighted by Gasteiger charge is -2.26. The van der Waals surface area contributed by atoms with Crippen molar-refractivity contribution in [3.63, 3.8) is 0 Å². The maximum atomic E-state index is 11.8. The quantitative estimate of drug-likeness (QED) is 0.488. The van der Waals surface area contributed by atoms with Gasteiger partial charge < -0.3 is 9.84 Å².